The lowest BCUT2D eigenvalue weighted by atomic mass is 10.1. The Hall–Kier alpha value is -2.77. The second-order valence-electron chi connectivity index (χ2n) is 7.62. The van der Waals surface area contributed by atoms with Crippen molar-refractivity contribution in [1.82, 2.24) is 14.9 Å². The van der Waals surface area contributed by atoms with Crippen LogP contribution in [0.15, 0.2) is 18.5 Å². The molecule has 1 atom stereocenters. The van der Waals surface area contributed by atoms with Gasteiger partial charge in [0.1, 0.15) is 24.3 Å². The second-order valence-corrected chi connectivity index (χ2v) is 7.62. The van der Waals surface area contributed by atoms with E-state index >= 15 is 0 Å². The number of piperazine rings is 1. The number of rotatable bonds is 0. The average molecular weight is 358 g/mol. The van der Waals surface area contributed by atoms with Gasteiger partial charge in [-0.25, -0.2) is 14.8 Å². The summed E-state index contributed by atoms with van der Waals surface area (Å²) in [5, 5.41) is 10.6. The van der Waals surface area contributed by atoms with Crippen LogP contribution in [0.2, 0.25) is 0 Å². The largest absolute Gasteiger partial charge is 0.493 e. The highest BCUT2D eigenvalue weighted by Gasteiger charge is 2.36. The van der Waals surface area contributed by atoms with Crippen LogP contribution in [0.5, 0.6) is 11.6 Å². The number of hydrogen-bond acceptors (Lipinski definition) is 7. The zero-order valence-corrected chi connectivity index (χ0v) is 15.1. The standard InChI is InChI=1S/C18H22N4O4/c1-18(2,3)26-17(24)21-4-5-22-11(8-21)9-25-15-7-13-12(6-14(15)22)16(23)20-10-19-13/h6-7,10-11H,4-5,8-9H2,1-3H3,(H,19,20,23). The van der Waals surface area contributed by atoms with Crippen molar-refractivity contribution in [3.8, 4) is 11.6 Å². The van der Waals surface area contributed by atoms with E-state index in [2.05, 4.69) is 14.9 Å². The monoisotopic (exact) mass is 358 g/mol. The van der Waals surface area contributed by atoms with Crippen LogP contribution in [0.4, 0.5) is 10.5 Å². The third-order valence-corrected chi connectivity index (χ3v) is 4.57. The number of hydrogen-bond donors (Lipinski definition) is 1. The van der Waals surface area contributed by atoms with Crippen molar-refractivity contribution in [2.75, 3.05) is 31.1 Å². The van der Waals surface area contributed by atoms with Crippen molar-refractivity contribution in [2.45, 2.75) is 32.4 Å². The normalized spacial score (nSPS) is 19.6. The fourth-order valence-corrected chi connectivity index (χ4v) is 3.39. The molecule has 8 heteroatoms. The van der Waals surface area contributed by atoms with Crippen molar-refractivity contribution in [3.05, 3.63) is 18.5 Å². The molecule has 2 aliphatic heterocycles. The summed E-state index contributed by atoms with van der Waals surface area (Å²) in [6.45, 7) is 7.83. The maximum atomic E-state index is 12.3. The number of aromatic nitrogens is 2. The van der Waals surface area contributed by atoms with E-state index in [1.807, 2.05) is 32.9 Å². The van der Waals surface area contributed by atoms with E-state index in [9.17, 15) is 9.90 Å². The molecule has 3 heterocycles. The first-order valence-electron chi connectivity index (χ1n) is 8.67. The van der Waals surface area contributed by atoms with Gasteiger partial charge in [-0.2, -0.15) is 0 Å². The zero-order valence-electron chi connectivity index (χ0n) is 15.1. The highest BCUT2D eigenvalue weighted by atomic mass is 16.6. The average Bonchev–Trinajstić information content (AvgIpc) is 2.58. The van der Waals surface area contributed by atoms with E-state index in [1.165, 1.54) is 6.33 Å². The lowest BCUT2D eigenvalue weighted by Crippen LogP contribution is -2.59. The minimum Gasteiger partial charge on any atom is -0.493 e. The second kappa shape index (κ2) is 5.89. The van der Waals surface area contributed by atoms with Gasteiger partial charge in [-0.15, -0.1) is 0 Å². The Labute approximate surface area is 151 Å². The number of fused-ring (bicyclic) bond motifs is 4. The van der Waals surface area contributed by atoms with E-state index in [4.69, 9.17) is 9.47 Å². The molecule has 0 spiro atoms. The van der Waals surface area contributed by atoms with Gasteiger partial charge in [0.05, 0.1) is 22.6 Å². The van der Waals surface area contributed by atoms with E-state index in [0.717, 1.165) is 11.4 Å². The molecule has 0 radical (unpaired) electrons. The molecule has 1 saturated heterocycles. The zero-order chi connectivity index (χ0) is 18.5. The Balaban J connectivity index is 1.59. The van der Waals surface area contributed by atoms with Crippen LogP contribution < -0.4 is 9.64 Å². The fraction of sp³-hybridized carbons (Fsp3) is 0.500. The number of carbonyl (C=O) groups excluding carboxylic acids is 1. The molecule has 4 rings (SSSR count). The molecular weight excluding hydrogens is 336 g/mol. The first-order valence-corrected chi connectivity index (χ1v) is 8.67. The fourth-order valence-electron chi connectivity index (χ4n) is 3.39. The van der Waals surface area contributed by atoms with Gasteiger partial charge >= 0.3 is 6.09 Å². The predicted octanol–water partition coefficient (Wildman–Crippen LogP) is 2.15. The van der Waals surface area contributed by atoms with Crippen molar-refractivity contribution in [2.24, 2.45) is 0 Å². The molecule has 0 saturated carbocycles. The SMILES string of the molecule is CC(C)(C)OC(=O)N1CCN2c3cc4c(O)ncnc4cc3OCC2C1. The van der Waals surface area contributed by atoms with Crippen LogP contribution in [0.3, 0.4) is 0 Å². The van der Waals surface area contributed by atoms with Crippen LogP contribution in [-0.2, 0) is 4.74 Å². The van der Waals surface area contributed by atoms with Crippen LogP contribution in [-0.4, -0.2) is 64.0 Å². The molecule has 1 amide bonds. The van der Waals surface area contributed by atoms with Gasteiger partial charge in [0.25, 0.3) is 0 Å². The van der Waals surface area contributed by atoms with Gasteiger partial charge in [-0.05, 0) is 26.8 Å². The molecule has 26 heavy (non-hydrogen) atoms. The summed E-state index contributed by atoms with van der Waals surface area (Å²) in [7, 11) is 0. The molecule has 2 aliphatic rings. The van der Waals surface area contributed by atoms with Gasteiger partial charge in [0, 0.05) is 25.7 Å². The van der Waals surface area contributed by atoms with Crippen LogP contribution >= 0.6 is 0 Å². The highest BCUT2D eigenvalue weighted by molar-refractivity contribution is 5.89. The van der Waals surface area contributed by atoms with Crippen LogP contribution in [0.25, 0.3) is 10.9 Å². The number of aromatic hydroxyl groups is 1. The molecule has 0 aliphatic carbocycles. The lowest BCUT2D eigenvalue weighted by Gasteiger charge is -2.45. The minimum absolute atomic E-state index is 0.0352. The van der Waals surface area contributed by atoms with E-state index < -0.39 is 5.60 Å². The molecule has 0 bridgehead atoms. The van der Waals surface area contributed by atoms with Crippen molar-refractivity contribution < 1.29 is 19.4 Å². The maximum absolute atomic E-state index is 12.3. The number of anilines is 1. The number of amides is 1. The summed E-state index contributed by atoms with van der Waals surface area (Å²) in [6, 6.07) is 3.71. The number of benzene rings is 1. The molecule has 2 aromatic rings. The Bertz CT molecular complexity index is 864. The lowest BCUT2D eigenvalue weighted by molar-refractivity contribution is 0.0195. The topological polar surface area (TPSA) is 88.0 Å². The number of carbonyl (C=O) groups is 1. The number of nitrogens with zero attached hydrogens (tertiary/aromatic N) is 4. The Kier molecular flexibility index (Phi) is 3.78. The van der Waals surface area contributed by atoms with Gasteiger partial charge in [0.15, 0.2) is 0 Å². The summed E-state index contributed by atoms with van der Waals surface area (Å²) in [5.74, 6) is 0.685. The minimum atomic E-state index is -0.514. The molecule has 1 unspecified atom stereocenters. The summed E-state index contributed by atoms with van der Waals surface area (Å²) in [5.41, 5.74) is 1.02. The Morgan fingerprint density at radius 1 is 1.31 bits per heavy atom. The third kappa shape index (κ3) is 2.95. The Morgan fingerprint density at radius 3 is 2.88 bits per heavy atom. The van der Waals surface area contributed by atoms with E-state index in [0.29, 0.717) is 37.1 Å². The van der Waals surface area contributed by atoms with Crippen molar-refractivity contribution in [3.63, 3.8) is 0 Å². The molecule has 1 aromatic heterocycles. The molecule has 1 fully saturated rings. The first kappa shape index (κ1) is 16.7. The van der Waals surface area contributed by atoms with Crippen molar-refractivity contribution in [1.29, 1.82) is 0 Å². The van der Waals surface area contributed by atoms with Crippen LogP contribution in [0.1, 0.15) is 20.8 Å². The highest BCUT2D eigenvalue weighted by Crippen LogP contribution is 2.39. The third-order valence-electron chi connectivity index (χ3n) is 4.57. The summed E-state index contributed by atoms with van der Waals surface area (Å²) < 4.78 is 11.4. The van der Waals surface area contributed by atoms with E-state index in [-0.39, 0.29) is 18.0 Å². The van der Waals surface area contributed by atoms with Crippen molar-refractivity contribution >= 4 is 22.7 Å². The summed E-state index contributed by atoms with van der Waals surface area (Å²) in [4.78, 5) is 24.3. The molecule has 8 nitrogen and oxygen atoms in total. The first-order chi connectivity index (χ1) is 12.3. The van der Waals surface area contributed by atoms with Gasteiger partial charge < -0.3 is 24.4 Å². The quantitative estimate of drug-likeness (QED) is 0.772. The summed E-state index contributed by atoms with van der Waals surface area (Å²) >= 11 is 0. The smallest absolute Gasteiger partial charge is 0.410 e. The molecule has 1 N–H and O–H groups in total. The Morgan fingerprint density at radius 2 is 2.12 bits per heavy atom. The molecule has 1 aromatic carbocycles. The summed E-state index contributed by atoms with van der Waals surface area (Å²) in [6.07, 6.45) is 1.03. The van der Waals surface area contributed by atoms with Gasteiger partial charge in [-0.1, -0.05) is 0 Å². The van der Waals surface area contributed by atoms with Gasteiger partial charge in [-0.3, -0.25) is 0 Å². The molecule has 138 valence electrons. The van der Waals surface area contributed by atoms with Gasteiger partial charge in [0.2, 0.25) is 5.88 Å². The molecular formula is C18H22N4O4. The number of ether oxygens (including phenoxy) is 2. The predicted molar refractivity (Wildman–Crippen MR) is 95.6 cm³/mol. The maximum Gasteiger partial charge on any atom is 0.410 e. The van der Waals surface area contributed by atoms with Crippen LogP contribution in [0, 0.1) is 0 Å². The van der Waals surface area contributed by atoms with E-state index in [1.54, 1.807) is 4.90 Å².